The highest BCUT2D eigenvalue weighted by atomic mass is 16.2. The molecule has 0 atom stereocenters. The molecule has 0 spiro atoms. The second-order valence-electron chi connectivity index (χ2n) is 7.31. The van der Waals surface area contributed by atoms with E-state index in [1.165, 1.54) is 6.33 Å². The van der Waals surface area contributed by atoms with Crippen molar-refractivity contribution in [3.05, 3.63) is 47.2 Å². The zero-order chi connectivity index (χ0) is 21.0. The number of anilines is 2. The minimum absolute atomic E-state index is 0.000240. The highest BCUT2D eigenvalue weighted by Gasteiger charge is 2.33. The molecule has 0 aromatic carbocycles. The molecule has 1 amide bonds. The number of amides is 1. The summed E-state index contributed by atoms with van der Waals surface area (Å²) in [6, 6.07) is 3.74. The number of hydrogen-bond donors (Lipinski definition) is 2. The molecule has 3 rings (SSSR count). The monoisotopic (exact) mass is 397 g/mol. The number of nitrogens with zero attached hydrogens (tertiary/aromatic N) is 5. The third-order valence-corrected chi connectivity index (χ3v) is 4.94. The lowest BCUT2D eigenvalue weighted by Crippen LogP contribution is -2.60. The molecule has 29 heavy (non-hydrogen) atoms. The molecule has 0 saturated carbocycles. The smallest absolute Gasteiger partial charge is 0.271 e. The summed E-state index contributed by atoms with van der Waals surface area (Å²) in [5.41, 5.74) is 1.89. The van der Waals surface area contributed by atoms with Gasteiger partial charge in [-0.2, -0.15) is 0 Å². The fourth-order valence-corrected chi connectivity index (χ4v) is 3.08. The van der Waals surface area contributed by atoms with Crippen LogP contribution >= 0.6 is 0 Å². The summed E-state index contributed by atoms with van der Waals surface area (Å²) < 4.78 is 0. The standard InChI is InChI=1S/C20H27N7O2/c1-21-18-9-16(23-13-24-18)14-8-17(20(29)22-10-14)26(4)15-11-27(12-15)19(28)6-5-7-25(2)3/h5-6,8-10,13,15H,7,11-12H2,1-4H3,(H,22,29)(H,21,23,24)/b6-5+. The molecule has 9 nitrogen and oxygen atoms in total. The molecule has 154 valence electrons. The van der Waals surface area contributed by atoms with E-state index in [1.807, 2.05) is 49.2 Å². The molecule has 0 unspecified atom stereocenters. The van der Waals surface area contributed by atoms with Gasteiger partial charge in [-0.3, -0.25) is 9.59 Å². The van der Waals surface area contributed by atoms with Crippen LogP contribution < -0.4 is 15.8 Å². The van der Waals surface area contributed by atoms with Crippen LogP contribution in [0.1, 0.15) is 0 Å². The Morgan fingerprint density at radius 3 is 2.76 bits per heavy atom. The van der Waals surface area contributed by atoms with Gasteiger partial charge in [-0.05, 0) is 20.2 Å². The highest BCUT2D eigenvalue weighted by Crippen LogP contribution is 2.23. The molecular formula is C20H27N7O2. The Bertz CT molecular complexity index is 948. The summed E-state index contributed by atoms with van der Waals surface area (Å²) in [6.07, 6.45) is 6.59. The van der Waals surface area contributed by atoms with E-state index >= 15 is 0 Å². The van der Waals surface area contributed by atoms with Crippen LogP contribution in [0.25, 0.3) is 11.3 Å². The molecule has 1 aliphatic rings. The van der Waals surface area contributed by atoms with Crippen molar-refractivity contribution in [1.29, 1.82) is 0 Å². The molecule has 0 aliphatic carbocycles. The maximum absolute atomic E-state index is 12.4. The minimum atomic E-state index is -0.171. The van der Waals surface area contributed by atoms with Crippen LogP contribution in [0.15, 0.2) is 41.6 Å². The van der Waals surface area contributed by atoms with E-state index in [0.29, 0.717) is 30.3 Å². The number of aromatic nitrogens is 3. The minimum Gasteiger partial charge on any atom is -0.373 e. The first-order valence-corrected chi connectivity index (χ1v) is 9.45. The molecule has 1 fully saturated rings. The lowest BCUT2D eigenvalue weighted by atomic mass is 10.1. The van der Waals surface area contributed by atoms with Crippen molar-refractivity contribution in [2.24, 2.45) is 0 Å². The SMILES string of the molecule is CNc1cc(-c2c[nH]c(=O)c(N(C)C3CN(C(=O)/C=C/CN(C)C)C3)c2)ncn1. The Hall–Kier alpha value is -3.20. The molecule has 2 aromatic rings. The van der Waals surface area contributed by atoms with Gasteiger partial charge in [-0.25, -0.2) is 9.97 Å². The highest BCUT2D eigenvalue weighted by molar-refractivity contribution is 5.88. The van der Waals surface area contributed by atoms with E-state index < -0.39 is 0 Å². The first-order valence-electron chi connectivity index (χ1n) is 9.45. The van der Waals surface area contributed by atoms with Gasteiger partial charge < -0.3 is 25.0 Å². The number of carbonyl (C=O) groups excluding carboxylic acids is 1. The zero-order valence-electron chi connectivity index (χ0n) is 17.2. The molecule has 1 saturated heterocycles. The van der Waals surface area contributed by atoms with Crippen LogP contribution in [0, 0.1) is 0 Å². The van der Waals surface area contributed by atoms with E-state index in [-0.39, 0.29) is 17.5 Å². The summed E-state index contributed by atoms with van der Waals surface area (Å²) >= 11 is 0. The average molecular weight is 397 g/mol. The number of nitrogens with one attached hydrogen (secondary N) is 2. The number of rotatable bonds is 7. The number of likely N-dealkylation sites (N-methyl/N-ethyl adjacent to an activating group) is 2. The molecule has 2 N–H and O–H groups in total. The van der Waals surface area contributed by atoms with Gasteiger partial charge in [-0.15, -0.1) is 0 Å². The van der Waals surface area contributed by atoms with Gasteiger partial charge in [0, 0.05) is 57.6 Å². The zero-order valence-corrected chi connectivity index (χ0v) is 17.2. The molecule has 3 heterocycles. The number of H-pyrrole nitrogens is 1. The summed E-state index contributed by atoms with van der Waals surface area (Å²) in [4.78, 5) is 41.5. The predicted molar refractivity (Wildman–Crippen MR) is 114 cm³/mol. The number of likely N-dealkylation sites (tertiary alicyclic amines) is 1. The fourth-order valence-electron chi connectivity index (χ4n) is 3.08. The normalized spacial score (nSPS) is 14.3. The molecule has 1 aliphatic heterocycles. The fraction of sp³-hybridized carbons (Fsp3) is 0.400. The van der Waals surface area contributed by atoms with Gasteiger partial charge in [-0.1, -0.05) is 6.08 Å². The van der Waals surface area contributed by atoms with Crippen molar-refractivity contribution in [2.75, 3.05) is 58.0 Å². The number of pyridine rings is 1. The van der Waals surface area contributed by atoms with Crippen LogP contribution in [0.4, 0.5) is 11.5 Å². The van der Waals surface area contributed by atoms with Crippen molar-refractivity contribution in [2.45, 2.75) is 6.04 Å². The number of aromatic amines is 1. The van der Waals surface area contributed by atoms with Crippen LogP contribution in [0.3, 0.4) is 0 Å². The lowest BCUT2D eigenvalue weighted by Gasteiger charge is -2.44. The molecular weight excluding hydrogens is 370 g/mol. The summed E-state index contributed by atoms with van der Waals surface area (Å²) in [5.74, 6) is 0.700. The first-order chi connectivity index (χ1) is 13.9. The number of carbonyl (C=O) groups is 1. The van der Waals surface area contributed by atoms with Crippen LogP contribution in [0.5, 0.6) is 0 Å². The second kappa shape index (κ2) is 8.87. The third-order valence-electron chi connectivity index (χ3n) is 4.94. The Balaban J connectivity index is 1.69. The number of hydrogen-bond acceptors (Lipinski definition) is 7. The van der Waals surface area contributed by atoms with Crippen LogP contribution in [-0.4, -0.2) is 84.5 Å². The summed E-state index contributed by atoms with van der Waals surface area (Å²) in [6.45, 7) is 1.90. The van der Waals surface area contributed by atoms with E-state index in [2.05, 4.69) is 20.3 Å². The molecule has 2 aromatic heterocycles. The Morgan fingerprint density at radius 2 is 2.07 bits per heavy atom. The molecule has 9 heteroatoms. The van der Waals surface area contributed by atoms with Gasteiger partial charge in [0.1, 0.15) is 17.8 Å². The van der Waals surface area contributed by atoms with Gasteiger partial charge in [0.2, 0.25) is 5.91 Å². The van der Waals surface area contributed by atoms with Crippen molar-refractivity contribution in [1.82, 2.24) is 24.8 Å². The van der Waals surface area contributed by atoms with Gasteiger partial charge in [0.15, 0.2) is 0 Å². The van der Waals surface area contributed by atoms with Crippen molar-refractivity contribution in [3.8, 4) is 11.3 Å². The van der Waals surface area contributed by atoms with Crippen LogP contribution in [-0.2, 0) is 4.79 Å². The maximum Gasteiger partial charge on any atom is 0.271 e. The largest absolute Gasteiger partial charge is 0.373 e. The third kappa shape index (κ3) is 4.80. The Morgan fingerprint density at radius 1 is 1.31 bits per heavy atom. The predicted octanol–water partition coefficient (Wildman–Crippen LogP) is 0.638. The summed E-state index contributed by atoms with van der Waals surface area (Å²) in [7, 11) is 7.57. The quantitative estimate of drug-likeness (QED) is 0.662. The average Bonchev–Trinajstić information content (AvgIpc) is 2.66. The molecule has 0 bridgehead atoms. The van der Waals surface area contributed by atoms with Gasteiger partial charge >= 0.3 is 0 Å². The van der Waals surface area contributed by atoms with E-state index in [9.17, 15) is 9.59 Å². The van der Waals surface area contributed by atoms with Crippen molar-refractivity contribution < 1.29 is 4.79 Å². The van der Waals surface area contributed by atoms with Crippen molar-refractivity contribution >= 4 is 17.4 Å². The van der Waals surface area contributed by atoms with Gasteiger partial charge in [0.05, 0.1) is 11.7 Å². The van der Waals surface area contributed by atoms with Crippen LogP contribution in [0.2, 0.25) is 0 Å². The summed E-state index contributed by atoms with van der Waals surface area (Å²) in [5, 5.41) is 2.98. The van der Waals surface area contributed by atoms with E-state index in [0.717, 1.165) is 12.1 Å². The topological polar surface area (TPSA) is 97.5 Å². The first kappa shape index (κ1) is 20.5. The molecule has 0 radical (unpaired) electrons. The van der Waals surface area contributed by atoms with Gasteiger partial charge in [0.25, 0.3) is 5.56 Å². The Labute approximate surface area is 170 Å². The van der Waals surface area contributed by atoms with Crippen molar-refractivity contribution in [3.63, 3.8) is 0 Å². The van der Waals surface area contributed by atoms with E-state index in [4.69, 9.17) is 0 Å². The second-order valence-corrected chi connectivity index (χ2v) is 7.31. The Kier molecular flexibility index (Phi) is 6.28. The lowest BCUT2D eigenvalue weighted by molar-refractivity contribution is -0.130. The van der Waals surface area contributed by atoms with E-state index in [1.54, 1.807) is 24.2 Å². The maximum atomic E-state index is 12.4.